The summed E-state index contributed by atoms with van der Waals surface area (Å²) in [5.74, 6) is 0.677. The molecule has 4 heteroatoms. The first-order chi connectivity index (χ1) is 6.72. The van der Waals surface area contributed by atoms with Crippen LogP contribution in [-0.2, 0) is 6.54 Å². The Labute approximate surface area is 82.3 Å². The van der Waals surface area contributed by atoms with Crippen LogP contribution in [0.25, 0.3) is 0 Å². The van der Waals surface area contributed by atoms with Crippen molar-refractivity contribution in [2.24, 2.45) is 0 Å². The fourth-order valence-corrected chi connectivity index (χ4v) is 1.70. The maximum Gasteiger partial charge on any atom is 0.213 e. The van der Waals surface area contributed by atoms with Gasteiger partial charge in [0.1, 0.15) is 0 Å². The third kappa shape index (κ3) is 1.37. The summed E-state index contributed by atoms with van der Waals surface area (Å²) in [7, 11) is 1.58. The molecule has 14 heavy (non-hydrogen) atoms. The van der Waals surface area contributed by atoms with Crippen molar-refractivity contribution < 1.29 is 9.53 Å². The normalized spacial score (nSPS) is 15.1. The number of methoxy groups -OCH3 is 1. The van der Waals surface area contributed by atoms with Gasteiger partial charge in [0, 0.05) is 18.2 Å². The second-order valence-corrected chi connectivity index (χ2v) is 3.33. The molecular formula is C10H12N2O2. The molecule has 0 radical (unpaired) electrons. The van der Waals surface area contributed by atoms with Gasteiger partial charge >= 0.3 is 0 Å². The molecule has 2 rings (SSSR count). The molecule has 0 aromatic carbocycles. The third-order valence-corrected chi connectivity index (χ3v) is 2.33. The summed E-state index contributed by atoms with van der Waals surface area (Å²) in [6.45, 7) is 2.95. The van der Waals surface area contributed by atoms with Crippen molar-refractivity contribution in [3.8, 4) is 5.88 Å². The number of ether oxygens (including phenoxy) is 1. The molecule has 2 heterocycles. The van der Waals surface area contributed by atoms with E-state index in [0.29, 0.717) is 19.0 Å². The first-order valence-electron chi connectivity index (χ1n) is 4.51. The van der Waals surface area contributed by atoms with Gasteiger partial charge in [-0.15, -0.1) is 0 Å². The zero-order valence-corrected chi connectivity index (χ0v) is 8.26. The lowest BCUT2D eigenvalue weighted by Crippen LogP contribution is -2.31. The fourth-order valence-electron chi connectivity index (χ4n) is 1.70. The highest BCUT2D eigenvalue weighted by molar-refractivity contribution is 6.00. The zero-order chi connectivity index (χ0) is 10.1. The van der Waals surface area contributed by atoms with Crippen LogP contribution in [0.5, 0.6) is 5.88 Å². The van der Waals surface area contributed by atoms with Crippen LogP contribution in [0.15, 0.2) is 6.07 Å². The topological polar surface area (TPSA) is 51.2 Å². The number of hydrogen-bond acceptors (Lipinski definition) is 4. The molecule has 0 aliphatic carbocycles. The Morgan fingerprint density at radius 3 is 3.00 bits per heavy atom. The predicted octanol–water partition coefficient (Wildman–Crippen LogP) is 0.685. The largest absolute Gasteiger partial charge is 0.481 e. The van der Waals surface area contributed by atoms with Crippen molar-refractivity contribution >= 4 is 5.78 Å². The number of aromatic nitrogens is 1. The number of nitrogens with zero attached hydrogens (tertiary/aromatic N) is 1. The van der Waals surface area contributed by atoms with E-state index in [9.17, 15) is 4.79 Å². The van der Waals surface area contributed by atoms with E-state index in [1.54, 1.807) is 13.2 Å². The number of nitrogens with one attached hydrogen (secondary N) is 1. The van der Waals surface area contributed by atoms with Crippen LogP contribution in [0.4, 0.5) is 0 Å². The van der Waals surface area contributed by atoms with E-state index >= 15 is 0 Å². The fraction of sp³-hybridized carbons (Fsp3) is 0.400. The lowest BCUT2D eigenvalue weighted by Gasteiger charge is -2.17. The summed E-state index contributed by atoms with van der Waals surface area (Å²) in [5.41, 5.74) is 2.49. The van der Waals surface area contributed by atoms with E-state index in [1.165, 1.54) is 0 Å². The molecule has 0 saturated carbocycles. The number of carbonyl (C=O) groups is 1. The molecule has 0 saturated heterocycles. The summed E-state index contributed by atoms with van der Waals surface area (Å²) in [5, 5.41) is 3.00. The first kappa shape index (κ1) is 9.15. The molecule has 0 unspecified atom stereocenters. The molecule has 1 aliphatic rings. The van der Waals surface area contributed by atoms with Crippen LogP contribution in [-0.4, -0.2) is 24.4 Å². The molecule has 4 nitrogen and oxygen atoms in total. The monoisotopic (exact) mass is 192 g/mol. The van der Waals surface area contributed by atoms with Gasteiger partial charge in [-0.25, -0.2) is 4.98 Å². The van der Waals surface area contributed by atoms with E-state index in [-0.39, 0.29) is 5.78 Å². The summed E-state index contributed by atoms with van der Waals surface area (Å²) < 4.78 is 5.05. The number of pyridine rings is 1. The van der Waals surface area contributed by atoms with Crippen molar-refractivity contribution in [3.05, 3.63) is 22.9 Å². The number of hydrogen-bond donors (Lipinski definition) is 1. The number of aryl methyl sites for hydroxylation is 1. The molecule has 1 aliphatic heterocycles. The highest BCUT2D eigenvalue weighted by atomic mass is 16.5. The highest BCUT2D eigenvalue weighted by Gasteiger charge is 2.20. The molecule has 0 atom stereocenters. The average molecular weight is 192 g/mol. The Kier molecular flexibility index (Phi) is 2.21. The minimum atomic E-state index is 0.110. The molecule has 1 aromatic rings. The number of rotatable bonds is 1. The Bertz CT molecular complexity index is 388. The molecule has 0 spiro atoms. The second-order valence-electron chi connectivity index (χ2n) is 3.33. The number of fused-ring (bicyclic) bond motifs is 1. The van der Waals surface area contributed by atoms with Crippen molar-refractivity contribution in [2.75, 3.05) is 13.7 Å². The molecule has 0 amide bonds. The average Bonchev–Trinajstić information content (AvgIpc) is 2.17. The lowest BCUT2D eigenvalue weighted by molar-refractivity contribution is 0.0980. The molecule has 74 valence electrons. The highest BCUT2D eigenvalue weighted by Crippen LogP contribution is 2.20. The standard InChI is InChI=1S/C10H12N2O2/c1-6-3-9(14-2)12-7-4-11-5-8(13)10(6)7/h3,11H,4-5H2,1-2H3. The predicted molar refractivity (Wildman–Crippen MR) is 51.6 cm³/mol. The van der Waals surface area contributed by atoms with E-state index in [0.717, 1.165) is 16.8 Å². The summed E-state index contributed by atoms with van der Waals surface area (Å²) in [6.07, 6.45) is 0. The maximum absolute atomic E-state index is 11.6. The minimum absolute atomic E-state index is 0.110. The van der Waals surface area contributed by atoms with Crippen molar-refractivity contribution in [1.29, 1.82) is 0 Å². The third-order valence-electron chi connectivity index (χ3n) is 2.33. The smallest absolute Gasteiger partial charge is 0.213 e. The van der Waals surface area contributed by atoms with Crippen LogP contribution < -0.4 is 10.1 Å². The van der Waals surface area contributed by atoms with Crippen molar-refractivity contribution in [2.45, 2.75) is 13.5 Å². The van der Waals surface area contributed by atoms with Crippen LogP contribution in [0, 0.1) is 6.92 Å². The van der Waals surface area contributed by atoms with Crippen LogP contribution >= 0.6 is 0 Å². The van der Waals surface area contributed by atoms with Crippen molar-refractivity contribution in [1.82, 2.24) is 10.3 Å². The number of carbonyl (C=O) groups excluding carboxylic acids is 1. The Morgan fingerprint density at radius 2 is 2.29 bits per heavy atom. The van der Waals surface area contributed by atoms with E-state index in [1.807, 2.05) is 6.92 Å². The van der Waals surface area contributed by atoms with Gasteiger partial charge < -0.3 is 10.1 Å². The Balaban J connectivity index is 2.56. The van der Waals surface area contributed by atoms with Crippen LogP contribution in [0.2, 0.25) is 0 Å². The van der Waals surface area contributed by atoms with E-state index < -0.39 is 0 Å². The summed E-state index contributed by atoms with van der Waals surface area (Å²) in [4.78, 5) is 15.8. The van der Waals surface area contributed by atoms with Gasteiger partial charge in [0.15, 0.2) is 5.78 Å². The number of ketones is 1. The molecular weight excluding hydrogens is 180 g/mol. The Morgan fingerprint density at radius 1 is 1.50 bits per heavy atom. The van der Waals surface area contributed by atoms with Gasteiger partial charge in [0.2, 0.25) is 5.88 Å². The maximum atomic E-state index is 11.6. The van der Waals surface area contributed by atoms with Gasteiger partial charge in [-0.2, -0.15) is 0 Å². The van der Waals surface area contributed by atoms with E-state index in [2.05, 4.69) is 10.3 Å². The lowest BCUT2D eigenvalue weighted by atomic mass is 10.0. The van der Waals surface area contributed by atoms with Gasteiger partial charge in [-0.1, -0.05) is 0 Å². The number of Topliss-reactive ketones (excluding diaryl/α,β-unsaturated/α-hetero) is 1. The summed E-state index contributed by atoms with van der Waals surface area (Å²) >= 11 is 0. The SMILES string of the molecule is COc1cc(C)c2c(n1)CNCC2=O. The van der Waals surface area contributed by atoms with Gasteiger partial charge in [0.05, 0.1) is 19.3 Å². The summed E-state index contributed by atoms with van der Waals surface area (Å²) in [6, 6.07) is 1.79. The first-order valence-corrected chi connectivity index (χ1v) is 4.51. The Hall–Kier alpha value is -1.42. The molecule has 0 fully saturated rings. The van der Waals surface area contributed by atoms with Gasteiger partial charge in [-0.05, 0) is 12.5 Å². The zero-order valence-electron chi connectivity index (χ0n) is 8.26. The van der Waals surface area contributed by atoms with Gasteiger partial charge in [-0.3, -0.25) is 4.79 Å². The van der Waals surface area contributed by atoms with Crippen LogP contribution in [0.3, 0.4) is 0 Å². The minimum Gasteiger partial charge on any atom is -0.481 e. The molecule has 1 N–H and O–H groups in total. The second kappa shape index (κ2) is 3.38. The van der Waals surface area contributed by atoms with Crippen molar-refractivity contribution in [3.63, 3.8) is 0 Å². The quantitative estimate of drug-likeness (QED) is 0.711. The molecule has 0 bridgehead atoms. The molecule has 1 aromatic heterocycles. The van der Waals surface area contributed by atoms with Crippen LogP contribution in [0.1, 0.15) is 21.6 Å². The van der Waals surface area contributed by atoms with E-state index in [4.69, 9.17) is 4.74 Å². The van der Waals surface area contributed by atoms with Gasteiger partial charge in [0.25, 0.3) is 0 Å².